The zero-order chi connectivity index (χ0) is 9.81. The first kappa shape index (κ1) is 8.26. The zero-order valence-electron chi connectivity index (χ0n) is 7.83. The Hall–Kier alpha value is -1.06. The average Bonchev–Trinajstić information content (AvgIpc) is 2.22. The Morgan fingerprint density at radius 1 is 1.14 bits per heavy atom. The highest BCUT2D eigenvalue weighted by Crippen LogP contribution is 2.54. The molecule has 2 aliphatic rings. The number of benzene rings is 1. The molecule has 14 heavy (non-hydrogen) atoms. The second-order valence-electron chi connectivity index (χ2n) is 4.29. The van der Waals surface area contributed by atoms with E-state index in [0.29, 0.717) is 19.4 Å². The van der Waals surface area contributed by atoms with Gasteiger partial charge in [-0.1, -0.05) is 18.2 Å². The van der Waals surface area contributed by atoms with Gasteiger partial charge < -0.3 is 15.5 Å². The summed E-state index contributed by atoms with van der Waals surface area (Å²) >= 11 is 0. The molecular formula is C11H13NO2. The largest absolute Gasteiger partial charge is 0.385 e. The molecule has 1 heterocycles. The summed E-state index contributed by atoms with van der Waals surface area (Å²) in [6.45, 7) is 0.445. The number of fused-ring (bicyclic) bond motifs is 3. The van der Waals surface area contributed by atoms with Gasteiger partial charge in [0.2, 0.25) is 0 Å². The van der Waals surface area contributed by atoms with Gasteiger partial charge in [-0.15, -0.1) is 0 Å². The summed E-state index contributed by atoms with van der Waals surface area (Å²) in [5, 5.41) is 23.6. The van der Waals surface area contributed by atoms with Gasteiger partial charge in [0.1, 0.15) is 11.2 Å². The standard InChI is InChI=1S/C11H13NO2/c13-10-5-6-11(10,14)8-3-1-2-4-9(8)12-7-10/h1-4,12-14H,5-7H2. The fourth-order valence-corrected chi connectivity index (χ4v) is 2.51. The molecule has 0 bridgehead atoms. The van der Waals surface area contributed by atoms with Gasteiger partial charge in [-0.25, -0.2) is 0 Å². The van der Waals surface area contributed by atoms with Crippen LogP contribution in [-0.2, 0) is 5.60 Å². The van der Waals surface area contributed by atoms with E-state index < -0.39 is 11.2 Å². The highest BCUT2D eigenvalue weighted by Gasteiger charge is 2.60. The first-order valence-electron chi connectivity index (χ1n) is 4.94. The third-order valence-electron chi connectivity index (χ3n) is 3.61. The number of aliphatic hydroxyl groups is 2. The molecule has 1 aliphatic heterocycles. The van der Waals surface area contributed by atoms with Crippen molar-refractivity contribution in [1.29, 1.82) is 0 Å². The Bertz CT molecular complexity index is 393. The number of anilines is 1. The fourth-order valence-electron chi connectivity index (χ4n) is 2.51. The summed E-state index contributed by atoms with van der Waals surface area (Å²) in [7, 11) is 0. The summed E-state index contributed by atoms with van der Waals surface area (Å²) in [5.74, 6) is 0. The Kier molecular flexibility index (Phi) is 1.36. The monoisotopic (exact) mass is 191 g/mol. The molecular weight excluding hydrogens is 178 g/mol. The lowest BCUT2D eigenvalue weighted by Crippen LogP contribution is -2.66. The topological polar surface area (TPSA) is 52.5 Å². The number of hydrogen-bond donors (Lipinski definition) is 3. The zero-order valence-corrected chi connectivity index (χ0v) is 7.83. The minimum Gasteiger partial charge on any atom is -0.385 e. The van der Waals surface area contributed by atoms with Crippen molar-refractivity contribution in [2.45, 2.75) is 24.0 Å². The summed E-state index contributed by atoms with van der Waals surface area (Å²) in [5.41, 5.74) is -0.199. The molecule has 2 unspecified atom stereocenters. The maximum absolute atomic E-state index is 10.4. The van der Waals surface area contributed by atoms with E-state index in [2.05, 4.69) is 5.32 Å². The molecule has 0 saturated heterocycles. The van der Waals surface area contributed by atoms with Crippen molar-refractivity contribution in [3.05, 3.63) is 29.8 Å². The van der Waals surface area contributed by atoms with Crippen LogP contribution in [0.25, 0.3) is 0 Å². The lowest BCUT2D eigenvalue weighted by molar-refractivity contribution is -0.224. The van der Waals surface area contributed by atoms with E-state index in [1.165, 1.54) is 0 Å². The van der Waals surface area contributed by atoms with Gasteiger partial charge in [0, 0.05) is 17.8 Å². The molecule has 1 aromatic carbocycles. The SMILES string of the molecule is OC12CCC1(O)c1ccccc1NC2. The van der Waals surface area contributed by atoms with Crippen molar-refractivity contribution in [3.8, 4) is 0 Å². The van der Waals surface area contributed by atoms with Crippen molar-refractivity contribution in [2.75, 3.05) is 11.9 Å². The second kappa shape index (κ2) is 2.30. The molecule has 1 aliphatic carbocycles. The van der Waals surface area contributed by atoms with Crippen molar-refractivity contribution < 1.29 is 10.2 Å². The lowest BCUT2D eigenvalue weighted by Gasteiger charge is -2.56. The van der Waals surface area contributed by atoms with Gasteiger partial charge in [-0.05, 0) is 18.9 Å². The Morgan fingerprint density at radius 2 is 1.93 bits per heavy atom. The van der Waals surface area contributed by atoms with Crippen LogP contribution in [0, 0.1) is 0 Å². The highest BCUT2D eigenvalue weighted by atomic mass is 16.4. The van der Waals surface area contributed by atoms with E-state index in [-0.39, 0.29) is 0 Å². The maximum atomic E-state index is 10.4. The van der Waals surface area contributed by atoms with Gasteiger partial charge in [0.25, 0.3) is 0 Å². The smallest absolute Gasteiger partial charge is 0.122 e. The Labute approximate surface area is 82.4 Å². The van der Waals surface area contributed by atoms with Crippen LogP contribution in [0.2, 0.25) is 0 Å². The van der Waals surface area contributed by atoms with Crippen LogP contribution in [0.5, 0.6) is 0 Å². The van der Waals surface area contributed by atoms with E-state index in [9.17, 15) is 10.2 Å². The number of β-amino-alcohol motifs (C(OH)–C–C–N with tert-alkyl or cyclic N) is 1. The first-order chi connectivity index (χ1) is 6.66. The van der Waals surface area contributed by atoms with Crippen molar-refractivity contribution in [1.82, 2.24) is 0 Å². The molecule has 3 rings (SSSR count). The van der Waals surface area contributed by atoms with Crippen molar-refractivity contribution in [2.24, 2.45) is 0 Å². The quantitative estimate of drug-likeness (QED) is 0.569. The van der Waals surface area contributed by atoms with Crippen LogP contribution in [0.4, 0.5) is 5.69 Å². The summed E-state index contributed by atoms with van der Waals surface area (Å²) in [6, 6.07) is 7.64. The predicted molar refractivity (Wildman–Crippen MR) is 53.0 cm³/mol. The fraction of sp³-hybridized carbons (Fsp3) is 0.455. The van der Waals surface area contributed by atoms with Gasteiger partial charge in [-0.2, -0.15) is 0 Å². The molecule has 3 heteroatoms. The minimum atomic E-state index is -1.02. The lowest BCUT2D eigenvalue weighted by atomic mass is 9.60. The van der Waals surface area contributed by atoms with Crippen LogP contribution in [0.1, 0.15) is 18.4 Å². The summed E-state index contributed by atoms with van der Waals surface area (Å²) in [4.78, 5) is 0. The molecule has 3 nitrogen and oxygen atoms in total. The first-order valence-corrected chi connectivity index (χ1v) is 4.94. The van der Waals surface area contributed by atoms with Crippen LogP contribution >= 0.6 is 0 Å². The third-order valence-corrected chi connectivity index (χ3v) is 3.61. The van der Waals surface area contributed by atoms with E-state index >= 15 is 0 Å². The molecule has 0 aromatic heterocycles. The molecule has 3 N–H and O–H groups in total. The minimum absolute atomic E-state index is 0.445. The molecule has 1 fully saturated rings. The van der Waals surface area contributed by atoms with E-state index in [4.69, 9.17) is 0 Å². The molecule has 0 spiro atoms. The maximum Gasteiger partial charge on any atom is 0.122 e. The number of nitrogens with one attached hydrogen (secondary N) is 1. The molecule has 1 saturated carbocycles. The van der Waals surface area contributed by atoms with Gasteiger partial charge in [0.15, 0.2) is 0 Å². The number of rotatable bonds is 0. The van der Waals surface area contributed by atoms with E-state index in [1.807, 2.05) is 24.3 Å². The molecule has 1 aromatic rings. The van der Waals surface area contributed by atoms with E-state index in [1.54, 1.807) is 0 Å². The number of para-hydroxylation sites is 1. The predicted octanol–water partition coefficient (Wildman–Crippen LogP) is 0.825. The Balaban J connectivity index is 2.18. The highest BCUT2D eigenvalue weighted by molar-refractivity contribution is 5.59. The summed E-state index contributed by atoms with van der Waals surface area (Å²) in [6.07, 6.45) is 1.33. The van der Waals surface area contributed by atoms with Crippen molar-refractivity contribution >= 4 is 5.69 Å². The van der Waals surface area contributed by atoms with E-state index in [0.717, 1.165) is 11.3 Å². The van der Waals surface area contributed by atoms with Crippen LogP contribution in [0.3, 0.4) is 0 Å². The van der Waals surface area contributed by atoms with Crippen LogP contribution in [0.15, 0.2) is 24.3 Å². The normalized spacial score (nSPS) is 39.0. The van der Waals surface area contributed by atoms with Gasteiger partial charge >= 0.3 is 0 Å². The van der Waals surface area contributed by atoms with Crippen molar-refractivity contribution in [3.63, 3.8) is 0 Å². The molecule has 74 valence electrons. The van der Waals surface area contributed by atoms with Crippen LogP contribution in [-0.4, -0.2) is 22.4 Å². The molecule has 2 atom stereocenters. The van der Waals surface area contributed by atoms with Gasteiger partial charge in [0.05, 0.1) is 0 Å². The third kappa shape index (κ3) is 0.751. The number of hydrogen-bond acceptors (Lipinski definition) is 3. The van der Waals surface area contributed by atoms with Crippen LogP contribution < -0.4 is 5.32 Å². The van der Waals surface area contributed by atoms with Gasteiger partial charge in [-0.3, -0.25) is 0 Å². The average molecular weight is 191 g/mol. The molecule has 0 amide bonds. The summed E-state index contributed by atoms with van der Waals surface area (Å²) < 4.78 is 0. The molecule has 0 radical (unpaired) electrons. The second-order valence-corrected chi connectivity index (χ2v) is 4.29. The Morgan fingerprint density at radius 3 is 2.64 bits per heavy atom.